The summed E-state index contributed by atoms with van der Waals surface area (Å²) in [5, 5.41) is 4.36. The van der Waals surface area contributed by atoms with Gasteiger partial charge in [0.1, 0.15) is 0 Å². The normalized spacial score (nSPS) is 14.3. The van der Waals surface area contributed by atoms with E-state index < -0.39 is 5.54 Å². The Morgan fingerprint density at radius 2 is 1.26 bits per heavy atom. The maximum absolute atomic E-state index is 9.36. The van der Waals surface area contributed by atoms with Crippen LogP contribution in [0.3, 0.4) is 0 Å². The quantitative estimate of drug-likeness (QED) is 0.291. The number of azide groups is 1. The van der Waals surface area contributed by atoms with Crippen molar-refractivity contribution < 1.29 is 0 Å². The Hall–Kier alpha value is -2.51. The molecule has 3 aromatic rings. The Morgan fingerprint density at radius 3 is 1.83 bits per heavy atom. The molecule has 4 rings (SSSR count). The van der Waals surface area contributed by atoms with Crippen molar-refractivity contribution in [3.05, 3.63) is 106 Å². The molecular formula is C19H13N3Se. The van der Waals surface area contributed by atoms with Crippen LogP contribution in [0.2, 0.25) is 0 Å². The van der Waals surface area contributed by atoms with Gasteiger partial charge in [0.15, 0.2) is 0 Å². The van der Waals surface area contributed by atoms with E-state index in [0.29, 0.717) is 0 Å². The SMILES string of the molecule is [N-]=[N+]=NC1(c2ccccc2)c2ccccc2[Se]c2ccccc21. The molecule has 0 atom stereocenters. The van der Waals surface area contributed by atoms with Gasteiger partial charge in [0, 0.05) is 0 Å². The van der Waals surface area contributed by atoms with E-state index in [1.165, 1.54) is 8.92 Å². The molecule has 0 saturated heterocycles. The first kappa shape index (κ1) is 14.1. The van der Waals surface area contributed by atoms with Crippen molar-refractivity contribution >= 4 is 23.9 Å². The molecule has 0 aliphatic carbocycles. The average Bonchev–Trinajstić information content (AvgIpc) is 2.62. The predicted molar refractivity (Wildman–Crippen MR) is 93.4 cm³/mol. The molecule has 0 bridgehead atoms. The van der Waals surface area contributed by atoms with Gasteiger partial charge in [-0.2, -0.15) is 0 Å². The Balaban J connectivity index is 2.15. The summed E-state index contributed by atoms with van der Waals surface area (Å²) in [5.74, 6) is 0. The first-order chi connectivity index (χ1) is 11.4. The van der Waals surface area contributed by atoms with E-state index in [4.69, 9.17) is 0 Å². The monoisotopic (exact) mass is 363 g/mol. The molecule has 4 heteroatoms. The molecule has 0 aromatic heterocycles. The van der Waals surface area contributed by atoms with Gasteiger partial charge in [0.25, 0.3) is 0 Å². The van der Waals surface area contributed by atoms with Gasteiger partial charge in [-0.1, -0.05) is 0 Å². The molecule has 3 nitrogen and oxygen atoms in total. The second kappa shape index (κ2) is 5.60. The molecule has 0 saturated carbocycles. The van der Waals surface area contributed by atoms with Crippen LogP contribution in [-0.4, -0.2) is 15.0 Å². The Labute approximate surface area is 140 Å². The number of fused-ring (bicyclic) bond motifs is 2. The second-order valence-corrected chi connectivity index (χ2v) is 7.63. The topological polar surface area (TPSA) is 48.8 Å². The van der Waals surface area contributed by atoms with E-state index in [-0.39, 0.29) is 15.0 Å². The van der Waals surface area contributed by atoms with Crippen LogP contribution in [0.1, 0.15) is 16.7 Å². The summed E-state index contributed by atoms with van der Waals surface area (Å²) in [5.41, 5.74) is 11.8. The first-order valence-electron chi connectivity index (χ1n) is 7.35. The maximum atomic E-state index is 9.36. The molecular weight excluding hydrogens is 349 g/mol. The molecule has 23 heavy (non-hydrogen) atoms. The van der Waals surface area contributed by atoms with Gasteiger partial charge in [-0.15, -0.1) is 0 Å². The van der Waals surface area contributed by atoms with E-state index in [1.54, 1.807) is 0 Å². The van der Waals surface area contributed by atoms with Crippen LogP contribution in [0.4, 0.5) is 0 Å². The third kappa shape index (κ3) is 2.08. The zero-order valence-electron chi connectivity index (χ0n) is 12.3. The Morgan fingerprint density at radius 1 is 0.739 bits per heavy atom. The van der Waals surface area contributed by atoms with Gasteiger partial charge in [-0.05, 0) is 0 Å². The number of benzene rings is 3. The molecule has 1 heterocycles. The minimum absolute atomic E-state index is 0.219. The molecule has 3 aromatic carbocycles. The van der Waals surface area contributed by atoms with E-state index in [0.717, 1.165) is 16.7 Å². The Bertz CT molecular complexity index is 869. The first-order valence-corrected chi connectivity index (χ1v) is 9.06. The fourth-order valence-corrected chi connectivity index (χ4v) is 5.67. The third-order valence-corrected chi connectivity index (χ3v) is 6.58. The average molecular weight is 362 g/mol. The molecule has 110 valence electrons. The van der Waals surface area contributed by atoms with Crippen molar-refractivity contribution in [1.82, 2.24) is 0 Å². The summed E-state index contributed by atoms with van der Waals surface area (Å²) < 4.78 is 2.55. The minimum atomic E-state index is -0.788. The number of hydrogen-bond donors (Lipinski definition) is 0. The van der Waals surface area contributed by atoms with E-state index >= 15 is 0 Å². The van der Waals surface area contributed by atoms with Gasteiger partial charge < -0.3 is 0 Å². The molecule has 1 aliphatic rings. The van der Waals surface area contributed by atoms with Crippen molar-refractivity contribution in [2.75, 3.05) is 0 Å². The van der Waals surface area contributed by atoms with Crippen LogP contribution in [0.15, 0.2) is 84.0 Å². The predicted octanol–water partition coefficient (Wildman–Crippen LogP) is 3.26. The third-order valence-electron chi connectivity index (χ3n) is 4.16. The second-order valence-electron chi connectivity index (χ2n) is 5.36. The van der Waals surface area contributed by atoms with Gasteiger partial charge in [0.2, 0.25) is 0 Å². The van der Waals surface area contributed by atoms with Gasteiger partial charge in [0.05, 0.1) is 0 Å². The molecule has 1 aliphatic heterocycles. The molecule has 0 fully saturated rings. The Kier molecular flexibility index (Phi) is 3.44. The summed E-state index contributed by atoms with van der Waals surface area (Å²) in [6, 6.07) is 26.7. The van der Waals surface area contributed by atoms with Crippen molar-refractivity contribution in [2.45, 2.75) is 5.54 Å². The molecule has 0 unspecified atom stereocenters. The summed E-state index contributed by atoms with van der Waals surface area (Å²) in [6.45, 7) is 0. The number of hydrogen-bond acceptors (Lipinski definition) is 1. The molecule has 0 N–H and O–H groups in total. The van der Waals surface area contributed by atoms with Crippen molar-refractivity contribution in [3.63, 3.8) is 0 Å². The van der Waals surface area contributed by atoms with Crippen molar-refractivity contribution in [2.24, 2.45) is 5.11 Å². The van der Waals surface area contributed by atoms with Crippen LogP contribution < -0.4 is 8.92 Å². The van der Waals surface area contributed by atoms with E-state index in [1.807, 2.05) is 42.5 Å². The zero-order chi connectivity index (χ0) is 15.7. The molecule has 0 spiro atoms. The summed E-state index contributed by atoms with van der Waals surface area (Å²) in [4.78, 5) is 3.24. The zero-order valence-corrected chi connectivity index (χ0v) is 14.0. The van der Waals surface area contributed by atoms with E-state index in [9.17, 15) is 5.53 Å². The summed E-state index contributed by atoms with van der Waals surface area (Å²) in [6.07, 6.45) is 0. The van der Waals surface area contributed by atoms with Gasteiger partial charge in [-0.3, -0.25) is 0 Å². The summed E-state index contributed by atoms with van der Waals surface area (Å²) >= 11 is 0.219. The fourth-order valence-electron chi connectivity index (χ4n) is 3.20. The standard InChI is InChI=1S/C19H13N3Se/c20-22-21-19(14-8-2-1-3-9-14)15-10-4-6-12-17(15)23-18-13-7-5-11-16(18)19/h1-13H. The van der Waals surface area contributed by atoms with Gasteiger partial charge >= 0.3 is 141 Å². The van der Waals surface area contributed by atoms with Crippen LogP contribution >= 0.6 is 0 Å². The van der Waals surface area contributed by atoms with Crippen LogP contribution in [0.5, 0.6) is 0 Å². The summed E-state index contributed by atoms with van der Waals surface area (Å²) in [7, 11) is 0. The number of rotatable bonds is 2. The molecule has 0 radical (unpaired) electrons. The van der Waals surface area contributed by atoms with Crippen LogP contribution in [-0.2, 0) is 5.54 Å². The fraction of sp³-hybridized carbons (Fsp3) is 0.0526. The van der Waals surface area contributed by atoms with Crippen LogP contribution in [0, 0.1) is 0 Å². The van der Waals surface area contributed by atoms with E-state index in [2.05, 4.69) is 46.4 Å². The van der Waals surface area contributed by atoms with Crippen LogP contribution in [0.25, 0.3) is 10.4 Å². The van der Waals surface area contributed by atoms with Gasteiger partial charge in [-0.25, -0.2) is 0 Å². The molecule has 0 amide bonds. The van der Waals surface area contributed by atoms with Crippen molar-refractivity contribution in [3.8, 4) is 0 Å². The van der Waals surface area contributed by atoms with Crippen molar-refractivity contribution in [1.29, 1.82) is 0 Å². The number of nitrogens with zero attached hydrogens (tertiary/aromatic N) is 3.